The van der Waals surface area contributed by atoms with Crippen molar-refractivity contribution in [2.24, 2.45) is 0 Å². The summed E-state index contributed by atoms with van der Waals surface area (Å²) in [6.45, 7) is 3.63. The van der Waals surface area contributed by atoms with E-state index >= 15 is 0 Å². The molecule has 1 aromatic heterocycles. The molecule has 0 fully saturated rings. The fourth-order valence-electron chi connectivity index (χ4n) is 2.85. The summed E-state index contributed by atoms with van der Waals surface area (Å²) < 4.78 is 18.9. The number of rotatable bonds is 7. The molecular formula is C20H23NO3. The molecule has 0 spiro atoms. The number of methoxy groups -OCH3 is 2. The Labute approximate surface area is 142 Å². The summed E-state index contributed by atoms with van der Waals surface area (Å²) in [6, 6.07) is 14.2. The highest BCUT2D eigenvalue weighted by molar-refractivity contribution is 5.88. The Balaban J connectivity index is 1.67. The number of hydrogen-bond acceptors (Lipinski definition) is 3. The van der Waals surface area contributed by atoms with Crippen molar-refractivity contribution in [3.8, 4) is 17.2 Å². The SMILES string of the molecule is COc1cc(OC)c2ccn(CCCOc3cccc(C)c3)c2c1. The number of nitrogens with zero attached hydrogens (tertiary/aromatic N) is 1. The van der Waals surface area contributed by atoms with Crippen LogP contribution in [0, 0.1) is 6.92 Å². The Morgan fingerprint density at radius 1 is 0.958 bits per heavy atom. The van der Waals surface area contributed by atoms with Crippen molar-refractivity contribution in [3.63, 3.8) is 0 Å². The molecule has 0 aliphatic rings. The van der Waals surface area contributed by atoms with Gasteiger partial charge in [-0.15, -0.1) is 0 Å². The first-order chi connectivity index (χ1) is 11.7. The van der Waals surface area contributed by atoms with Gasteiger partial charge in [0.05, 0.1) is 26.3 Å². The fraction of sp³-hybridized carbons (Fsp3) is 0.300. The Morgan fingerprint density at radius 3 is 2.58 bits per heavy atom. The van der Waals surface area contributed by atoms with E-state index in [1.165, 1.54) is 5.56 Å². The molecular weight excluding hydrogens is 302 g/mol. The van der Waals surface area contributed by atoms with Crippen LogP contribution in [0.1, 0.15) is 12.0 Å². The molecule has 24 heavy (non-hydrogen) atoms. The van der Waals surface area contributed by atoms with Crippen molar-refractivity contribution >= 4 is 10.9 Å². The third-order valence-corrected chi connectivity index (χ3v) is 4.08. The Bertz CT molecular complexity index is 823. The second-order valence-electron chi connectivity index (χ2n) is 5.79. The minimum atomic E-state index is 0.685. The first-order valence-corrected chi connectivity index (χ1v) is 8.11. The standard InChI is InChI=1S/C20H23NO3/c1-15-6-4-7-16(12-15)24-11-5-9-21-10-8-18-19(21)13-17(22-2)14-20(18)23-3/h4,6-8,10,12-14H,5,9,11H2,1-3H3. The number of ether oxygens (including phenoxy) is 3. The van der Waals surface area contributed by atoms with Crippen LogP contribution in [0.25, 0.3) is 10.9 Å². The normalized spacial score (nSPS) is 10.8. The van der Waals surface area contributed by atoms with Crippen molar-refractivity contribution < 1.29 is 14.2 Å². The number of hydrogen-bond donors (Lipinski definition) is 0. The van der Waals surface area contributed by atoms with Gasteiger partial charge in [0.2, 0.25) is 0 Å². The monoisotopic (exact) mass is 325 g/mol. The van der Waals surface area contributed by atoms with Gasteiger partial charge in [0, 0.05) is 30.3 Å². The molecule has 0 atom stereocenters. The Kier molecular flexibility index (Phi) is 4.94. The summed E-state index contributed by atoms with van der Waals surface area (Å²) in [5.41, 5.74) is 2.32. The van der Waals surface area contributed by atoms with Crippen LogP contribution in [0.4, 0.5) is 0 Å². The highest BCUT2D eigenvalue weighted by Gasteiger charge is 2.09. The molecule has 0 saturated heterocycles. The van der Waals surface area contributed by atoms with Crippen LogP contribution in [0.2, 0.25) is 0 Å². The summed E-state index contributed by atoms with van der Waals surface area (Å²) in [5, 5.41) is 1.10. The van der Waals surface area contributed by atoms with E-state index in [9.17, 15) is 0 Å². The predicted octanol–water partition coefficient (Wildman–Crippen LogP) is 4.44. The van der Waals surface area contributed by atoms with Crippen LogP contribution < -0.4 is 14.2 Å². The molecule has 0 aliphatic heterocycles. The van der Waals surface area contributed by atoms with Gasteiger partial charge >= 0.3 is 0 Å². The van der Waals surface area contributed by atoms with Crippen molar-refractivity contribution in [2.75, 3.05) is 20.8 Å². The maximum Gasteiger partial charge on any atom is 0.131 e. The van der Waals surface area contributed by atoms with E-state index in [-0.39, 0.29) is 0 Å². The molecule has 4 heteroatoms. The summed E-state index contributed by atoms with van der Waals surface area (Å²) in [4.78, 5) is 0. The maximum atomic E-state index is 5.82. The van der Waals surface area contributed by atoms with Gasteiger partial charge in [-0.3, -0.25) is 0 Å². The lowest BCUT2D eigenvalue weighted by atomic mass is 10.2. The van der Waals surface area contributed by atoms with E-state index in [4.69, 9.17) is 14.2 Å². The fourth-order valence-corrected chi connectivity index (χ4v) is 2.85. The van der Waals surface area contributed by atoms with Gasteiger partial charge in [0.15, 0.2) is 0 Å². The molecule has 0 unspecified atom stereocenters. The topological polar surface area (TPSA) is 32.6 Å². The second-order valence-corrected chi connectivity index (χ2v) is 5.79. The largest absolute Gasteiger partial charge is 0.497 e. The lowest BCUT2D eigenvalue weighted by Gasteiger charge is -2.10. The lowest BCUT2D eigenvalue weighted by molar-refractivity contribution is 0.302. The van der Waals surface area contributed by atoms with Crippen LogP contribution in [-0.4, -0.2) is 25.4 Å². The Hall–Kier alpha value is -2.62. The molecule has 0 saturated carbocycles. The molecule has 2 aromatic carbocycles. The van der Waals surface area contributed by atoms with Gasteiger partial charge in [-0.1, -0.05) is 12.1 Å². The molecule has 1 heterocycles. The summed E-state index contributed by atoms with van der Waals surface area (Å²) >= 11 is 0. The van der Waals surface area contributed by atoms with E-state index in [1.807, 2.05) is 24.3 Å². The summed E-state index contributed by atoms with van der Waals surface area (Å²) in [7, 11) is 3.35. The van der Waals surface area contributed by atoms with Gasteiger partial charge in [-0.25, -0.2) is 0 Å². The molecule has 3 rings (SSSR count). The molecule has 0 bridgehead atoms. The first kappa shape index (κ1) is 16.2. The van der Waals surface area contributed by atoms with Crippen LogP contribution in [0.5, 0.6) is 17.2 Å². The van der Waals surface area contributed by atoms with Crippen LogP contribution in [0.15, 0.2) is 48.7 Å². The van der Waals surface area contributed by atoms with Crippen molar-refractivity contribution in [3.05, 3.63) is 54.2 Å². The first-order valence-electron chi connectivity index (χ1n) is 8.11. The molecule has 3 aromatic rings. The molecule has 126 valence electrons. The zero-order valence-corrected chi connectivity index (χ0v) is 14.4. The highest BCUT2D eigenvalue weighted by atomic mass is 16.5. The summed E-state index contributed by atoms with van der Waals surface area (Å²) in [5.74, 6) is 2.56. The molecule has 4 nitrogen and oxygen atoms in total. The van der Waals surface area contributed by atoms with E-state index < -0.39 is 0 Å². The van der Waals surface area contributed by atoms with Gasteiger partial charge in [0.25, 0.3) is 0 Å². The van der Waals surface area contributed by atoms with Crippen LogP contribution in [0.3, 0.4) is 0 Å². The van der Waals surface area contributed by atoms with Gasteiger partial charge < -0.3 is 18.8 Å². The zero-order valence-electron chi connectivity index (χ0n) is 14.4. The average molecular weight is 325 g/mol. The van der Waals surface area contributed by atoms with Crippen LogP contribution in [-0.2, 0) is 6.54 Å². The van der Waals surface area contributed by atoms with E-state index in [1.54, 1.807) is 14.2 Å². The average Bonchev–Trinajstić information content (AvgIpc) is 3.01. The molecule has 0 radical (unpaired) electrons. The lowest BCUT2D eigenvalue weighted by Crippen LogP contribution is -2.04. The zero-order chi connectivity index (χ0) is 16.9. The van der Waals surface area contributed by atoms with Gasteiger partial charge in [-0.05, 0) is 37.1 Å². The van der Waals surface area contributed by atoms with Crippen LogP contribution >= 0.6 is 0 Å². The quantitative estimate of drug-likeness (QED) is 0.602. The van der Waals surface area contributed by atoms with Gasteiger partial charge in [-0.2, -0.15) is 0 Å². The summed E-state index contributed by atoms with van der Waals surface area (Å²) in [6.07, 6.45) is 3.01. The van der Waals surface area contributed by atoms with Crippen molar-refractivity contribution in [2.45, 2.75) is 19.9 Å². The molecule has 0 aliphatic carbocycles. The van der Waals surface area contributed by atoms with Gasteiger partial charge in [0.1, 0.15) is 17.2 Å². The number of benzene rings is 2. The smallest absolute Gasteiger partial charge is 0.131 e. The Morgan fingerprint density at radius 2 is 1.83 bits per heavy atom. The minimum absolute atomic E-state index is 0.685. The number of aryl methyl sites for hydroxylation is 2. The minimum Gasteiger partial charge on any atom is -0.497 e. The highest BCUT2D eigenvalue weighted by Crippen LogP contribution is 2.32. The third-order valence-electron chi connectivity index (χ3n) is 4.08. The maximum absolute atomic E-state index is 5.82. The number of aromatic nitrogens is 1. The van der Waals surface area contributed by atoms with E-state index in [0.717, 1.165) is 41.1 Å². The molecule has 0 N–H and O–H groups in total. The van der Waals surface area contributed by atoms with E-state index in [0.29, 0.717) is 6.61 Å². The third kappa shape index (κ3) is 3.48. The van der Waals surface area contributed by atoms with Crippen molar-refractivity contribution in [1.82, 2.24) is 4.57 Å². The van der Waals surface area contributed by atoms with Crippen molar-refractivity contribution in [1.29, 1.82) is 0 Å². The number of fused-ring (bicyclic) bond motifs is 1. The molecule has 0 amide bonds. The second kappa shape index (κ2) is 7.30. The predicted molar refractivity (Wildman–Crippen MR) is 96.3 cm³/mol. The van der Waals surface area contributed by atoms with E-state index in [2.05, 4.69) is 35.9 Å².